The Morgan fingerprint density at radius 3 is 2.50 bits per heavy atom. The molecular formula is C26H25FN2O3. The molecule has 164 valence electrons. The highest BCUT2D eigenvalue weighted by molar-refractivity contribution is 5.89. The number of hydrogen-bond donors (Lipinski definition) is 1. The Balaban J connectivity index is 1.33. The number of rotatable bonds is 3. The van der Waals surface area contributed by atoms with Crippen LogP contribution < -0.4 is 0 Å². The molecule has 0 aromatic heterocycles. The Morgan fingerprint density at radius 2 is 1.84 bits per heavy atom. The number of carbonyl (C=O) groups is 2. The Kier molecular flexibility index (Phi) is 5.44. The smallest absolute Gasteiger partial charge is 0.242 e. The van der Waals surface area contributed by atoms with Crippen LogP contribution in [0.4, 0.5) is 4.39 Å². The Labute approximate surface area is 186 Å². The minimum absolute atomic E-state index is 0.0221. The van der Waals surface area contributed by atoms with Crippen molar-refractivity contribution in [1.29, 1.82) is 0 Å². The molecule has 3 fully saturated rings. The quantitative estimate of drug-likeness (QED) is 0.759. The fraction of sp³-hybridized carbons (Fsp3) is 0.385. The first-order valence-electron chi connectivity index (χ1n) is 11.1. The van der Waals surface area contributed by atoms with Crippen molar-refractivity contribution in [1.82, 2.24) is 9.80 Å². The van der Waals surface area contributed by atoms with Gasteiger partial charge >= 0.3 is 0 Å². The van der Waals surface area contributed by atoms with E-state index in [1.165, 1.54) is 12.1 Å². The summed E-state index contributed by atoms with van der Waals surface area (Å²) >= 11 is 0. The fourth-order valence-electron chi connectivity index (χ4n) is 5.08. The summed E-state index contributed by atoms with van der Waals surface area (Å²) in [5.74, 6) is 5.75. The molecule has 1 N–H and O–H groups in total. The van der Waals surface area contributed by atoms with Gasteiger partial charge in [0.15, 0.2) is 0 Å². The van der Waals surface area contributed by atoms with Crippen LogP contribution in [0, 0.1) is 23.6 Å². The van der Waals surface area contributed by atoms with E-state index in [1.807, 2.05) is 24.3 Å². The lowest BCUT2D eigenvalue weighted by atomic mass is 9.73. The molecule has 2 aromatic rings. The van der Waals surface area contributed by atoms with Gasteiger partial charge in [-0.2, -0.15) is 0 Å². The molecule has 2 aliphatic heterocycles. The zero-order chi connectivity index (χ0) is 22.2. The number of nitrogens with zero attached hydrogens (tertiary/aromatic N) is 2. The van der Waals surface area contributed by atoms with Crippen molar-refractivity contribution in [3.8, 4) is 11.8 Å². The van der Waals surface area contributed by atoms with Gasteiger partial charge in [0.05, 0.1) is 25.2 Å². The molecule has 32 heavy (non-hydrogen) atoms. The van der Waals surface area contributed by atoms with E-state index in [1.54, 1.807) is 21.9 Å². The van der Waals surface area contributed by atoms with E-state index < -0.39 is 0 Å². The average Bonchev–Trinajstić information content (AvgIpc) is 2.73. The van der Waals surface area contributed by atoms with Crippen molar-refractivity contribution in [2.24, 2.45) is 5.92 Å². The van der Waals surface area contributed by atoms with Crippen LogP contribution in [0.3, 0.4) is 0 Å². The third-order valence-electron chi connectivity index (χ3n) is 6.99. The predicted octanol–water partition coefficient (Wildman–Crippen LogP) is 2.52. The molecule has 2 heterocycles. The molecule has 2 aromatic carbocycles. The molecule has 5 nitrogen and oxygen atoms in total. The first-order valence-corrected chi connectivity index (χ1v) is 11.1. The molecule has 0 bridgehead atoms. The van der Waals surface area contributed by atoms with E-state index in [-0.39, 0.29) is 54.7 Å². The van der Waals surface area contributed by atoms with Gasteiger partial charge < -0.3 is 14.9 Å². The van der Waals surface area contributed by atoms with Crippen LogP contribution in [0.5, 0.6) is 0 Å². The van der Waals surface area contributed by atoms with Crippen molar-refractivity contribution in [3.63, 3.8) is 0 Å². The average molecular weight is 432 g/mol. The second-order valence-corrected chi connectivity index (χ2v) is 8.87. The standard InChI is InChI=1S/C26H25FN2O3/c27-21-6-1-3-18(13-21)8-7-17-9-11-19(12-10-17)25-22-14-28(26(32)20-4-2-5-20)15-24(31)29(22)23(25)16-30/h1,3,6,9-13,20,22-23,25,30H,2,4-5,14-16H2/t22-,23-,25-/m1/s1. The number of aliphatic hydroxyl groups excluding tert-OH is 1. The third-order valence-corrected chi connectivity index (χ3v) is 6.99. The number of amides is 2. The number of aliphatic hydroxyl groups is 1. The van der Waals surface area contributed by atoms with E-state index in [9.17, 15) is 19.1 Å². The van der Waals surface area contributed by atoms with Crippen molar-refractivity contribution in [3.05, 3.63) is 71.0 Å². The fourth-order valence-corrected chi connectivity index (χ4v) is 5.08. The van der Waals surface area contributed by atoms with Crippen LogP contribution in [0.25, 0.3) is 0 Å². The first-order chi connectivity index (χ1) is 15.5. The van der Waals surface area contributed by atoms with Gasteiger partial charge in [0.25, 0.3) is 0 Å². The van der Waals surface area contributed by atoms with E-state index in [4.69, 9.17) is 0 Å². The molecule has 3 aliphatic rings. The lowest BCUT2D eigenvalue weighted by Gasteiger charge is -2.59. The van der Waals surface area contributed by atoms with Crippen LogP contribution in [0.1, 0.15) is 41.9 Å². The second-order valence-electron chi connectivity index (χ2n) is 8.87. The first kappa shape index (κ1) is 20.7. The summed E-state index contributed by atoms with van der Waals surface area (Å²) in [7, 11) is 0. The zero-order valence-electron chi connectivity index (χ0n) is 17.7. The number of hydrogen-bond acceptors (Lipinski definition) is 3. The van der Waals surface area contributed by atoms with E-state index >= 15 is 0 Å². The Bertz CT molecular complexity index is 1100. The highest BCUT2D eigenvalue weighted by Gasteiger charge is 2.54. The highest BCUT2D eigenvalue weighted by Crippen LogP contribution is 2.43. The predicted molar refractivity (Wildman–Crippen MR) is 117 cm³/mol. The summed E-state index contributed by atoms with van der Waals surface area (Å²) < 4.78 is 13.3. The van der Waals surface area contributed by atoms with Crippen molar-refractivity contribution >= 4 is 11.8 Å². The van der Waals surface area contributed by atoms with Gasteiger partial charge in [0.1, 0.15) is 5.82 Å². The molecular weight excluding hydrogens is 407 g/mol. The Hall–Kier alpha value is -3.17. The van der Waals surface area contributed by atoms with Gasteiger partial charge in [-0.3, -0.25) is 9.59 Å². The maximum atomic E-state index is 13.3. The Morgan fingerprint density at radius 1 is 1.09 bits per heavy atom. The molecule has 1 saturated carbocycles. The van der Waals surface area contributed by atoms with E-state index in [2.05, 4.69) is 11.8 Å². The van der Waals surface area contributed by atoms with Crippen molar-refractivity contribution in [2.45, 2.75) is 37.3 Å². The van der Waals surface area contributed by atoms with Gasteiger partial charge in [0, 0.05) is 29.5 Å². The summed E-state index contributed by atoms with van der Waals surface area (Å²) in [5.41, 5.74) is 2.43. The van der Waals surface area contributed by atoms with Crippen LogP contribution in [0.2, 0.25) is 0 Å². The van der Waals surface area contributed by atoms with Crippen LogP contribution in [-0.4, -0.2) is 58.5 Å². The molecule has 6 heteroatoms. The van der Waals surface area contributed by atoms with Crippen LogP contribution >= 0.6 is 0 Å². The number of fused-ring (bicyclic) bond motifs is 1. The monoisotopic (exact) mass is 432 g/mol. The van der Waals surface area contributed by atoms with E-state index in [0.717, 1.165) is 30.4 Å². The number of benzene rings is 2. The van der Waals surface area contributed by atoms with Gasteiger partial charge in [-0.25, -0.2) is 4.39 Å². The van der Waals surface area contributed by atoms with Gasteiger partial charge in [-0.1, -0.05) is 36.5 Å². The third kappa shape index (κ3) is 3.67. The van der Waals surface area contributed by atoms with Crippen molar-refractivity contribution < 1.29 is 19.1 Å². The summed E-state index contributed by atoms with van der Waals surface area (Å²) in [4.78, 5) is 28.9. The topological polar surface area (TPSA) is 60.9 Å². The lowest BCUT2D eigenvalue weighted by molar-refractivity contribution is -0.169. The molecule has 0 radical (unpaired) electrons. The van der Waals surface area contributed by atoms with Crippen LogP contribution in [0.15, 0.2) is 48.5 Å². The molecule has 3 atom stereocenters. The van der Waals surface area contributed by atoms with Crippen LogP contribution in [-0.2, 0) is 9.59 Å². The maximum absolute atomic E-state index is 13.3. The number of halogens is 1. The normalized spacial score (nSPS) is 24.7. The van der Waals surface area contributed by atoms with Gasteiger partial charge in [-0.15, -0.1) is 0 Å². The molecule has 5 rings (SSSR count). The summed E-state index contributed by atoms with van der Waals surface area (Å²) in [6.07, 6.45) is 2.91. The van der Waals surface area contributed by atoms with Crippen molar-refractivity contribution in [2.75, 3.05) is 19.7 Å². The van der Waals surface area contributed by atoms with E-state index in [0.29, 0.717) is 12.1 Å². The highest BCUT2D eigenvalue weighted by atomic mass is 19.1. The minimum atomic E-state index is -0.316. The molecule has 2 saturated heterocycles. The maximum Gasteiger partial charge on any atom is 0.242 e. The molecule has 2 amide bonds. The molecule has 0 spiro atoms. The number of carbonyl (C=O) groups excluding carboxylic acids is 2. The van der Waals surface area contributed by atoms with Gasteiger partial charge in [-0.05, 0) is 48.7 Å². The summed E-state index contributed by atoms with van der Waals surface area (Å²) in [6, 6.07) is 13.5. The summed E-state index contributed by atoms with van der Waals surface area (Å²) in [5, 5.41) is 9.94. The van der Waals surface area contributed by atoms with Gasteiger partial charge in [0.2, 0.25) is 11.8 Å². The zero-order valence-corrected chi connectivity index (χ0v) is 17.7. The SMILES string of the molecule is O=C(C1CCC1)N1CC(=O)N2[C@H](CO)[C@H](c3ccc(C#Cc4cccc(F)c4)cc3)[C@H]2C1. The molecule has 0 unspecified atom stereocenters. The lowest BCUT2D eigenvalue weighted by Crippen LogP contribution is -2.73. The molecule has 1 aliphatic carbocycles. The minimum Gasteiger partial charge on any atom is -0.394 e. The summed E-state index contributed by atoms with van der Waals surface area (Å²) in [6.45, 7) is 0.525. The number of piperazine rings is 1. The largest absolute Gasteiger partial charge is 0.394 e. The second kappa shape index (κ2) is 8.40.